The fourth-order valence-corrected chi connectivity index (χ4v) is 6.23. The van der Waals surface area contributed by atoms with E-state index in [1.54, 1.807) is 54.9 Å². The summed E-state index contributed by atoms with van der Waals surface area (Å²) >= 11 is 13.8. The van der Waals surface area contributed by atoms with Crippen LogP contribution in [0.4, 0.5) is 16.3 Å². The molecule has 1 N–H and O–H groups in total. The Morgan fingerprint density at radius 1 is 1.08 bits per heavy atom. The Bertz CT molecular complexity index is 1390. The molecule has 12 heteroatoms. The average Bonchev–Trinajstić information content (AvgIpc) is 3.29. The number of halogens is 2. The van der Waals surface area contributed by atoms with Gasteiger partial charge in [-0.3, -0.25) is 9.69 Å². The number of piperazine rings is 1. The van der Waals surface area contributed by atoms with Crippen LogP contribution in [0.15, 0.2) is 36.7 Å². The first kappa shape index (κ1) is 26.7. The minimum Gasteiger partial charge on any atom is -0.340 e. The maximum atomic E-state index is 13.0. The molecule has 9 nitrogen and oxygen atoms in total. The standard InChI is InChI=1S/C26H29Cl2N7O2S/c1-32(2)26(37)34-12-10-33(11-13-34)8-3-4-22(36)35-9-7-18-21(15-35)38-25-23(18)24(29-16-30-25)31-17-5-6-19(27)20(28)14-17/h3-6,14,16H,7-13,15H2,1-2H3,(H,29,30,31)/b4-3+. The molecule has 38 heavy (non-hydrogen) atoms. The summed E-state index contributed by atoms with van der Waals surface area (Å²) in [5.41, 5.74) is 1.98. The van der Waals surface area contributed by atoms with E-state index in [2.05, 4.69) is 20.2 Å². The van der Waals surface area contributed by atoms with Crippen molar-refractivity contribution in [2.45, 2.75) is 13.0 Å². The van der Waals surface area contributed by atoms with E-state index in [-0.39, 0.29) is 11.9 Å². The minimum absolute atomic E-state index is 0.00904. The lowest BCUT2D eigenvalue weighted by Gasteiger charge is -2.35. The van der Waals surface area contributed by atoms with Crippen LogP contribution in [0.3, 0.4) is 0 Å². The second-order valence-electron chi connectivity index (χ2n) is 9.54. The van der Waals surface area contributed by atoms with E-state index in [1.807, 2.05) is 21.9 Å². The van der Waals surface area contributed by atoms with Crippen LogP contribution in [0.5, 0.6) is 0 Å². The minimum atomic E-state index is 0.00904. The van der Waals surface area contributed by atoms with Crippen molar-refractivity contribution in [1.82, 2.24) is 29.6 Å². The number of fused-ring (bicyclic) bond motifs is 3. The SMILES string of the molecule is CN(C)C(=O)N1CCN(C/C=C/C(=O)N2CCc3c(sc4ncnc(Nc5ccc(Cl)c(Cl)c5)c34)C2)CC1. The largest absolute Gasteiger partial charge is 0.340 e. The fourth-order valence-electron chi connectivity index (χ4n) is 4.73. The Labute approximate surface area is 235 Å². The Kier molecular flexibility index (Phi) is 8.04. The van der Waals surface area contributed by atoms with Gasteiger partial charge in [0.1, 0.15) is 17.0 Å². The predicted molar refractivity (Wildman–Crippen MR) is 153 cm³/mol. The van der Waals surface area contributed by atoms with E-state index in [0.29, 0.717) is 42.8 Å². The topological polar surface area (TPSA) is 84.9 Å². The van der Waals surface area contributed by atoms with Crippen LogP contribution in [-0.2, 0) is 17.8 Å². The van der Waals surface area contributed by atoms with Gasteiger partial charge >= 0.3 is 6.03 Å². The molecule has 0 atom stereocenters. The molecular formula is C26H29Cl2N7O2S. The van der Waals surface area contributed by atoms with Gasteiger partial charge in [0, 0.05) is 70.0 Å². The lowest BCUT2D eigenvalue weighted by atomic mass is 10.0. The molecule has 2 aliphatic heterocycles. The molecule has 1 fully saturated rings. The highest BCUT2D eigenvalue weighted by molar-refractivity contribution is 7.19. The molecule has 0 unspecified atom stereocenters. The number of benzene rings is 1. The number of rotatable bonds is 5. The van der Waals surface area contributed by atoms with Gasteiger partial charge in [0.05, 0.1) is 22.0 Å². The third-order valence-electron chi connectivity index (χ3n) is 6.78. The number of nitrogens with one attached hydrogen (secondary N) is 1. The maximum absolute atomic E-state index is 13.0. The van der Waals surface area contributed by atoms with Crippen molar-refractivity contribution in [2.24, 2.45) is 0 Å². The number of amides is 3. The van der Waals surface area contributed by atoms with Crippen LogP contribution >= 0.6 is 34.5 Å². The third-order valence-corrected chi connectivity index (χ3v) is 8.64. The van der Waals surface area contributed by atoms with Gasteiger partial charge in [0.25, 0.3) is 0 Å². The van der Waals surface area contributed by atoms with E-state index < -0.39 is 0 Å². The number of hydrogen-bond donors (Lipinski definition) is 1. The van der Waals surface area contributed by atoms with Crippen LogP contribution < -0.4 is 5.32 Å². The first-order valence-electron chi connectivity index (χ1n) is 12.4. The summed E-state index contributed by atoms with van der Waals surface area (Å²) in [4.78, 5) is 43.6. The third kappa shape index (κ3) is 5.73. The highest BCUT2D eigenvalue weighted by Gasteiger charge is 2.26. The predicted octanol–water partition coefficient (Wildman–Crippen LogP) is 4.48. The zero-order chi connectivity index (χ0) is 26.8. The molecule has 3 aromatic rings. The number of carbonyl (C=O) groups excluding carboxylic acids is 2. The Morgan fingerprint density at radius 3 is 2.61 bits per heavy atom. The van der Waals surface area contributed by atoms with Crippen molar-refractivity contribution in [3.63, 3.8) is 0 Å². The van der Waals surface area contributed by atoms with Crippen LogP contribution in [0.25, 0.3) is 10.2 Å². The number of anilines is 2. The monoisotopic (exact) mass is 573 g/mol. The zero-order valence-electron chi connectivity index (χ0n) is 21.3. The van der Waals surface area contributed by atoms with Crippen LogP contribution in [-0.4, -0.2) is 94.9 Å². The first-order valence-corrected chi connectivity index (χ1v) is 14.0. The van der Waals surface area contributed by atoms with E-state index in [4.69, 9.17) is 23.2 Å². The van der Waals surface area contributed by atoms with Crippen molar-refractivity contribution in [3.8, 4) is 0 Å². The molecule has 3 amide bonds. The van der Waals surface area contributed by atoms with Crippen molar-refractivity contribution >= 4 is 68.2 Å². The molecule has 0 spiro atoms. The molecule has 2 aliphatic rings. The fraction of sp³-hybridized carbons (Fsp3) is 0.385. The second-order valence-corrected chi connectivity index (χ2v) is 11.4. The van der Waals surface area contributed by atoms with E-state index in [1.165, 1.54) is 5.56 Å². The van der Waals surface area contributed by atoms with Crippen LogP contribution in [0.2, 0.25) is 10.0 Å². The summed E-state index contributed by atoms with van der Waals surface area (Å²) in [6.45, 7) is 4.87. The molecule has 1 aromatic carbocycles. The normalized spacial score (nSPS) is 16.2. The van der Waals surface area contributed by atoms with Gasteiger partial charge < -0.3 is 20.0 Å². The average molecular weight is 575 g/mol. The van der Waals surface area contributed by atoms with E-state index in [0.717, 1.165) is 46.1 Å². The molecular weight excluding hydrogens is 545 g/mol. The Hall–Kier alpha value is -2.92. The van der Waals surface area contributed by atoms with Gasteiger partial charge in [-0.2, -0.15) is 0 Å². The molecule has 0 radical (unpaired) electrons. The van der Waals surface area contributed by atoms with Gasteiger partial charge in [0.15, 0.2) is 0 Å². The van der Waals surface area contributed by atoms with Crippen LogP contribution in [0.1, 0.15) is 10.4 Å². The van der Waals surface area contributed by atoms with Gasteiger partial charge in [-0.15, -0.1) is 11.3 Å². The molecule has 200 valence electrons. The second kappa shape index (κ2) is 11.4. The summed E-state index contributed by atoms with van der Waals surface area (Å²) < 4.78 is 0. The van der Waals surface area contributed by atoms with Crippen LogP contribution in [0, 0.1) is 0 Å². The van der Waals surface area contributed by atoms with Crippen molar-refractivity contribution in [1.29, 1.82) is 0 Å². The Morgan fingerprint density at radius 2 is 1.87 bits per heavy atom. The summed E-state index contributed by atoms with van der Waals surface area (Å²) in [5, 5.41) is 5.31. The molecule has 4 heterocycles. The number of urea groups is 1. The zero-order valence-corrected chi connectivity index (χ0v) is 23.6. The number of aromatic nitrogens is 2. The molecule has 0 saturated carbocycles. The molecule has 1 saturated heterocycles. The summed E-state index contributed by atoms with van der Waals surface area (Å²) in [6, 6.07) is 5.42. The van der Waals surface area contributed by atoms with Gasteiger partial charge in [-0.05, 0) is 30.2 Å². The van der Waals surface area contributed by atoms with Crippen molar-refractivity contribution in [3.05, 3.63) is 57.2 Å². The first-order chi connectivity index (χ1) is 18.3. The molecule has 0 bridgehead atoms. The number of thiophene rings is 1. The quantitative estimate of drug-likeness (QED) is 0.453. The lowest BCUT2D eigenvalue weighted by Crippen LogP contribution is -2.51. The number of carbonyl (C=O) groups is 2. The maximum Gasteiger partial charge on any atom is 0.319 e. The highest BCUT2D eigenvalue weighted by atomic mass is 35.5. The van der Waals surface area contributed by atoms with Gasteiger partial charge in [-0.1, -0.05) is 29.3 Å². The number of hydrogen-bond acceptors (Lipinski definition) is 7. The smallest absolute Gasteiger partial charge is 0.319 e. The van der Waals surface area contributed by atoms with E-state index >= 15 is 0 Å². The van der Waals surface area contributed by atoms with Crippen molar-refractivity contribution < 1.29 is 9.59 Å². The van der Waals surface area contributed by atoms with Gasteiger partial charge in [0.2, 0.25) is 5.91 Å². The molecule has 0 aliphatic carbocycles. The number of nitrogens with zero attached hydrogens (tertiary/aromatic N) is 6. The summed E-state index contributed by atoms with van der Waals surface area (Å²) in [5.74, 6) is 0.729. The van der Waals surface area contributed by atoms with Crippen molar-refractivity contribution in [2.75, 3.05) is 58.7 Å². The Balaban J connectivity index is 1.21. The molecule has 2 aromatic heterocycles. The highest BCUT2D eigenvalue weighted by Crippen LogP contribution is 2.38. The molecule has 5 rings (SSSR count). The summed E-state index contributed by atoms with van der Waals surface area (Å²) in [6.07, 6.45) is 5.88. The van der Waals surface area contributed by atoms with Gasteiger partial charge in [-0.25, -0.2) is 14.8 Å². The van der Waals surface area contributed by atoms with E-state index in [9.17, 15) is 9.59 Å². The summed E-state index contributed by atoms with van der Waals surface area (Å²) in [7, 11) is 3.54. The lowest BCUT2D eigenvalue weighted by molar-refractivity contribution is -0.126.